The van der Waals surface area contributed by atoms with Gasteiger partial charge in [-0.2, -0.15) is 0 Å². The molecule has 0 aliphatic heterocycles. The molecule has 3 aromatic rings. The number of aromatic nitrogens is 1. The summed E-state index contributed by atoms with van der Waals surface area (Å²) in [6.45, 7) is 0.391. The van der Waals surface area contributed by atoms with E-state index in [1.54, 1.807) is 18.3 Å². The number of benzene rings is 2. The number of ketones is 1. The van der Waals surface area contributed by atoms with Crippen molar-refractivity contribution in [3.63, 3.8) is 0 Å². The van der Waals surface area contributed by atoms with Crippen LogP contribution >= 0.6 is 0 Å². The first-order valence-corrected chi connectivity index (χ1v) is 8.30. The van der Waals surface area contributed by atoms with Crippen LogP contribution in [0.1, 0.15) is 34.7 Å². The molecule has 126 valence electrons. The predicted octanol–water partition coefficient (Wildman–Crippen LogP) is 4.61. The highest BCUT2D eigenvalue weighted by Gasteiger charge is 2.17. The molecule has 1 aliphatic carbocycles. The predicted molar refractivity (Wildman–Crippen MR) is 92.9 cm³/mol. The van der Waals surface area contributed by atoms with Gasteiger partial charge in [-0.25, -0.2) is 9.37 Å². The number of oxazole rings is 1. The van der Waals surface area contributed by atoms with Gasteiger partial charge in [0.15, 0.2) is 11.5 Å². The van der Waals surface area contributed by atoms with Gasteiger partial charge in [-0.05, 0) is 42.7 Å². The molecule has 5 heteroatoms. The zero-order chi connectivity index (χ0) is 17.2. The molecule has 4 nitrogen and oxygen atoms in total. The molecule has 25 heavy (non-hydrogen) atoms. The molecule has 2 aromatic carbocycles. The lowest BCUT2D eigenvalue weighted by Gasteiger charge is -2.15. The van der Waals surface area contributed by atoms with Crippen molar-refractivity contribution in [1.29, 1.82) is 0 Å². The van der Waals surface area contributed by atoms with Gasteiger partial charge in [-0.15, -0.1) is 0 Å². The van der Waals surface area contributed by atoms with E-state index in [0.29, 0.717) is 30.2 Å². The van der Waals surface area contributed by atoms with Crippen molar-refractivity contribution in [3.05, 3.63) is 71.5 Å². The minimum absolute atomic E-state index is 0.203. The molecule has 0 saturated carbocycles. The van der Waals surface area contributed by atoms with Crippen LogP contribution < -0.4 is 5.32 Å². The van der Waals surface area contributed by atoms with Gasteiger partial charge >= 0.3 is 0 Å². The van der Waals surface area contributed by atoms with Gasteiger partial charge in [0.25, 0.3) is 0 Å². The fourth-order valence-electron chi connectivity index (χ4n) is 3.08. The van der Waals surface area contributed by atoms with Crippen LogP contribution in [-0.4, -0.2) is 10.8 Å². The minimum Gasteiger partial charge on any atom is -0.439 e. The Bertz CT molecular complexity index is 933. The van der Waals surface area contributed by atoms with E-state index in [0.717, 1.165) is 29.7 Å². The molecule has 1 heterocycles. The molecular weight excluding hydrogens is 319 g/mol. The third-order valence-electron chi connectivity index (χ3n) is 4.37. The van der Waals surface area contributed by atoms with Crippen molar-refractivity contribution < 1.29 is 13.6 Å². The lowest BCUT2D eigenvalue weighted by atomic mass is 9.90. The number of anilines is 1. The Morgan fingerprint density at radius 3 is 2.96 bits per heavy atom. The Kier molecular flexibility index (Phi) is 4.06. The second-order valence-corrected chi connectivity index (χ2v) is 6.13. The first-order valence-electron chi connectivity index (χ1n) is 8.30. The summed E-state index contributed by atoms with van der Waals surface area (Å²) >= 11 is 0. The molecule has 1 aliphatic rings. The van der Waals surface area contributed by atoms with Crippen LogP contribution in [0.25, 0.3) is 11.3 Å². The van der Waals surface area contributed by atoms with Crippen molar-refractivity contribution in [3.8, 4) is 11.3 Å². The summed E-state index contributed by atoms with van der Waals surface area (Å²) in [6, 6.07) is 12.1. The van der Waals surface area contributed by atoms with E-state index >= 15 is 0 Å². The maximum absolute atomic E-state index is 13.3. The number of Topliss-reactive ketones (excluding diaryl/α,β-unsaturated/α-hetero) is 1. The molecule has 0 unspecified atom stereocenters. The van der Waals surface area contributed by atoms with E-state index in [-0.39, 0.29) is 11.6 Å². The van der Waals surface area contributed by atoms with Crippen LogP contribution in [0, 0.1) is 5.82 Å². The minimum atomic E-state index is -0.313. The van der Waals surface area contributed by atoms with Crippen molar-refractivity contribution in [2.75, 3.05) is 5.32 Å². The quantitative estimate of drug-likeness (QED) is 0.756. The normalized spacial score (nSPS) is 13.6. The van der Waals surface area contributed by atoms with Crippen LogP contribution in [0.5, 0.6) is 0 Å². The second kappa shape index (κ2) is 6.51. The number of carbonyl (C=O) groups is 1. The number of fused-ring (bicyclic) bond motifs is 1. The molecule has 0 saturated heterocycles. The summed E-state index contributed by atoms with van der Waals surface area (Å²) < 4.78 is 19.0. The summed E-state index contributed by atoms with van der Waals surface area (Å²) in [5.74, 6) is 0.918. The molecule has 0 atom stereocenters. The Morgan fingerprint density at radius 1 is 1.16 bits per heavy atom. The zero-order valence-corrected chi connectivity index (χ0v) is 13.6. The van der Waals surface area contributed by atoms with Crippen molar-refractivity contribution >= 4 is 11.5 Å². The molecule has 1 N–H and O–H groups in total. The van der Waals surface area contributed by atoms with Crippen molar-refractivity contribution in [2.45, 2.75) is 25.8 Å². The molecule has 1 aromatic heterocycles. The molecule has 0 bridgehead atoms. The van der Waals surface area contributed by atoms with Crippen LogP contribution in [0.3, 0.4) is 0 Å². The number of nitrogens with zero attached hydrogens (tertiary/aromatic N) is 1. The Balaban J connectivity index is 1.47. The molecule has 0 radical (unpaired) electrons. The van der Waals surface area contributed by atoms with Crippen LogP contribution in [0.15, 0.2) is 53.1 Å². The van der Waals surface area contributed by atoms with Crippen LogP contribution in [0.4, 0.5) is 10.1 Å². The molecular formula is C20H17FN2O2. The van der Waals surface area contributed by atoms with E-state index < -0.39 is 0 Å². The van der Waals surface area contributed by atoms with Gasteiger partial charge in [0.05, 0.1) is 12.7 Å². The highest BCUT2D eigenvalue weighted by atomic mass is 19.1. The number of aryl methyl sites for hydroxylation is 1. The third-order valence-corrected chi connectivity index (χ3v) is 4.37. The van der Waals surface area contributed by atoms with E-state index in [2.05, 4.69) is 10.3 Å². The lowest BCUT2D eigenvalue weighted by Crippen LogP contribution is -2.11. The van der Waals surface area contributed by atoms with E-state index in [4.69, 9.17) is 4.42 Å². The van der Waals surface area contributed by atoms with E-state index in [1.807, 2.05) is 18.2 Å². The SMILES string of the molecule is O=C1CCCc2ccc(NCc3ncc(-c4cccc(F)c4)o3)cc21. The highest BCUT2D eigenvalue weighted by Crippen LogP contribution is 2.25. The standard InChI is InChI=1S/C20H17FN2O2/c21-15-5-1-4-14(9-15)19-11-23-20(25-19)12-22-16-8-7-13-3-2-6-18(24)17(13)10-16/h1,4-5,7-11,22H,2-3,6,12H2. The van der Waals surface area contributed by atoms with Crippen LogP contribution in [-0.2, 0) is 13.0 Å². The summed E-state index contributed by atoms with van der Waals surface area (Å²) in [5, 5.41) is 3.23. The number of hydrogen-bond donors (Lipinski definition) is 1. The van der Waals surface area contributed by atoms with Gasteiger partial charge in [0.1, 0.15) is 5.82 Å². The lowest BCUT2D eigenvalue weighted by molar-refractivity contribution is 0.0972. The Labute approximate surface area is 144 Å². The second-order valence-electron chi connectivity index (χ2n) is 6.13. The largest absolute Gasteiger partial charge is 0.439 e. The van der Waals surface area contributed by atoms with Gasteiger partial charge in [-0.1, -0.05) is 18.2 Å². The third kappa shape index (κ3) is 3.31. The smallest absolute Gasteiger partial charge is 0.214 e. The monoisotopic (exact) mass is 336 g/mol. The number of halogens is 1. The maximum atomic E-state index is 13.3. The number of hydrogen-bond acceptors (Lipinski definition) is 4. The summed E-state index contributed by atoms with van der Waals surface area (Å²) in [6.07, 6.45) is 4.09. The summed E-state index contributed by atoms with van der Waals surface area (Å²) in [7, 11) is 0. The van der Waals surface area contributed by atoms with Gasteiger partial charge in [0.2, 0.25) is 5.89 Å². The van der Waals surface area contributed by atoms with Gasteiger partial charge in [0, 0.05) is 23.2 Å². The molecule has 4 rings (SSSR count). The number of rotatable bonds is 4. The van der Waals surface area contributed by atoms with Crippen molar-refractivity contribution in [2.24, 2.45) is 0 Å². The average Bonchev–Trinajstić information content (AvgIpc) is 3.10. The molecule has 0 spiro atoms. The zero-order valence-electron chi connectivity index (χ0n) is 13.6. The fourth-order valence-corrected chi connectivity index (χ4v) is 3.08. The first kappa shape index (κ1) is 15.6. The van der Waals surface area contributed by atoms with Gasteiger partial charge < -0.3 is 9.73 Å². The average molecular weight is 336 g/mol. The highest BCUT2D eigenvalue weighted by molar-refractivity contribution is 5.99. The fraction of sp³-hybridized carbons (Fsp3) is 0.200. The maximum Gasteiger partial charge on any atom is 0.214 e. The summed E-state index contributed by atoms with van der Waals surface area (Å²) in [5.41, 5.74) is 3.44. The van der Waals surface area contributed by atoms with E-state index in [9.17, 15) is 9.18 Å². The molecule has 0 amide bonds. The topological polar surface area (TPSA) is 55.1 Å². The van der Waals surface area contributed by atoms with Gasteiger partial charge in [-0.3, -0.25) is 4.79 Å². The Morgan fingerprint density at radius 2 is 2.08 bits per heavy atom. The van der Waals surface area contributed by atoms with Crippen LogP contribution in [0.2, 0.25) is 0 Å². The first-order chi connectivity index (χ1) is 12.2. The number of carbonyl (C=O) groups excluding carboxylic acids is 1. The number of nitrogens with one attached hydrogen (secondary N) is 1. The van der Waals surface area contributed by atoms with Crippen molar-refractivity contribution in [1.82, 2.24) is 4.98 Å². The molecule has 0 fully saturated rings. The van der Waals surface area contributed by atoms with E-state index in [1.165, 1.54) is 12.1 Å². The Hall–Kier alpha value is -2.95. The summed E-state index contributed by atoms with van der Waals surface area (Å²) in [4.78, 5) is 16.2.